The quantitative estimate of drug-likeness (QED) is 0.824. The van der Waals surface area contributed by atoms with Crippen molar-refractivity contribution in [1.82, 2.24) is 9.97 Å². The monoisotopic (exact) mass is 331 g/mol. The molecule has 0 amide bonds. The summed E-state index contributed by atoms with van der Waals surface area (Å²) in [5.74, 6) is 0.554. The number of anilines is 1. The van der Waals surface area contributed by atoms with Gasteiger partial charge in [-0.1, -0.05) is 34.8 Å². The number of nitrogens with one attached hydrogen (secondary N) is 1. The molecule has 20 heavy (non-hydrogen) atoms. The van der Waals surface area contributed by atoms with Crippen LogP contribution in [0.3, 0.4) is 0 Å². The Hall–Kier alpha value is -1.43. The Kier molecular flexibility index (Phi) is 3.50. The number of phenolic OH excluding ortho intramolecular Hbond substituents is 1. The molecule has 2 aromatic rings. The average Bonchev–Trinajstić information content (AvgIpc) is 2.88. The van der Waals surface area contributed by atoms with E-state index in [2.05, 4.69) is 15.3 Å². The van der Waals surface area contributed by atoms with Crippen molar-refractivity contribution in [2.24, 2.45) is 0 Å². The molecular formula is C12H8Cl3N3O2. The van der Waals surface area contributed by atoms with E-state index in [0.29, 0.717) is 23.7 Å². The van der Waals surface area contributed by atoms with Gasteiger partial charge in [-0.3, -0.25) is 0 Å². The van der Waals surface area contributed by atoms with Crippen LogP contribution in [0.25, 0.3) is 0 Å². The van der Waals surface area contributed by atoms with Crippen LogP contribution < -0.4 is 10.1 Å². The Balaban J connectivity index is 1.89. The number of nitrogens with zero attached hydrogens (tertiary/aromatic N) is 2. The van der Waals surface area contributed by atoms with E-state index in [4.69, 9.17) is 39.5 Å². The van der Waals surface area contributed by atoms with E-state index in [9.17, 15) is 5.11 Å². The van der Waals surface area contributed by atoms with Gasteiger partial charge in [0, 0.05) is 24.4 Å². The summed E-state index contributed by atoms with van der Waals surface area (Å²) >= 11 is 18.0. The van der Waals surface area contributed by atoms with Crippen LogP contribution >= 0.6 is 34.8 Å². The summed E-state index contributed by atoms with van der Waals surface area (Å²) in [7, 11) is 0. The zero-order chi connectivity index (χ0) is 14.3. The van der Waals surface area contributed by atoms with Crippen molar-refractivity contribution in [3.05, 3.63) is 39.1 Å². The maximum atomic E-state index is 9.78. The number of ether oxygens (including phenoxy) is 1. The summed E-state index contributed by atoms with van der Waals surface area (Å²) in [6, 6.07) is 1.71. The molecule has 0 aliphatic carbocycles. The first-order valence-electron chi connectivity index (χ1n) is 5.66. The molecule has 8 heteroatoms. The summed E-state index contributed by atoms with van der Waals surface area (Å²) in [5.41, 5.74) is 0.604. The second-order valence-electron chi connectivity index (χ2n) is 4.13. The predicted molar refractivity (Wildman–Crippen MR) is 76.9 cm³/mol. The van der Waals surface area contributed by atoms with Gasteiger partial charge in [0.15, 0.2) is 12.0 Å². The smallest absolute Gasteiger partial charge is 0.225 e. The zero-order valence-electron chi connectivity index (χ0n) is 9.90. The first-order valence-corrected chi connectivity index (χ1v) is 6.80. The number of aromatic hydroxyl groups is 1. The summed E-state index contributed by atoms with van der Waals surface area (Å²) in [4.78, 5) is 8.08. The number of phenols is 1. The fraction of sp³-hybridized carbons (Fsp3) is 0.167. The summed E-state index contributed by atoms with van der Waals surface area (Å²) < 4.78 is 5.66. The molecule has 104 valence electrons. The van der Waals surface area contributed by atoms with Crippen LogP contribution in [0, 0.1) is 0 Å². The van der Waals surface area contributed by atoms with Gasteiger partial charge in [0.2, 0.25) is 5.95 Å². The first kappa shape index (κ1) is 13.5. The van der Waals surface area contributed by atoms with Crippen LogP contribution in [-0.2, 0) is 6.42 Å². The minimum Gasteiger partial charge on any atom is -0.505 e. The van der Waals surface area contributed by atoms with Gasteiger partial charge < -0.3 is 15.2 Å². The second-order valence-corrected chi connectivity index (χ2v) is 5.26. The van der Waals surface area contributed by atoms with Gasteiger partial charge >= 0.3 is 0 Å². The third-order valence-electron chi connectivity index (χ3n) is 2.85. The summed E-state index contributed by atoms with van der Waals surface area (Å²) in [6.45, 7) is 0. The van der Waals surface area contributed by atoms with E-state index in [1.54, 1.807) is 18.5 Å². The lowest BCUT2D eigenvalue weighted by molar-refractivity contribution is 0.262. The summed E-state index contributed by atoms with van der Waals surface area (Å²) in [5, 5.41) is 13.0. The van der Waals surface area contributed by atoms with E-state index in [1.165, 1.54) is 0 Å². The van der Waals surface area contributed by atoms with Gasteiger partial charge in [0.25, 0.3) is 0 Å². The lowest BCUT2D eigenvalue weighted by Crippen LogP contribution is -2.25. The molecule has 5 nitrogen and oxygen atoms in total. The van der Waals surface area contributed by atoms with Crippen LogP contribution in [0.2, 0.25) is 15.1 Å². The highest BCUT2D eigenvalue weighted by molar-refractivity contribution is 6.46. The van der Waals surface area contributed by atoms with Crippen molar-refractivity contribution in [2.75, 3.05) is 5.32 Å². The van der Waals surface area contributed by atoms with Crippen LogP contribution in [0.1, 0.15) is 5.56 Å². The first-order chi connectivity index (χ1) is 9.58. The number of halogens is 3. The van der Waals surface area contributed by atoms with Gasteiger partial charge in [0.05, 0.1) is 5.02 Å². The number of hydrogen-bond donors (Lipinski definition) is 2. The molecule has 0 bridgehead atoms. The SMILES string of the molecule is Oc1c(Cl)c(Cl)c2c(c1Cl)CC(Nc1ncccn1)O2. The molecule has 0 spiro atoms. The Morgan fingerprint density at radius 2 is 1.85 bits per heavy atom. The maximum absolute atomic E-state index is 9.78. The number of rotatable bonds is 2. The average molecular weight is 333 g/mol. The molecule has 1 unspecified atom stereocenters. The lowest BCUT2D eigenvalue weighted by atomic mass is 10.1. The molecule has 2 N–H and O–H groups in total. The van der Waals surface area contributed by atoms with E-state index < -0.39 is 6.23 Å². The van der Waals surface area contributed by atoms with Crippen molar-refractivity contribution in [1.29, 1.82) is 0 Å². The highest BCUT2D eigenvalue weighted by Crippen LogP contribution is 2.50. The molecule has 0 saturated heterocycles. The Morgan fingerprint density at radius 3 is 2.55 bits per heavy atom. The van der Waals surface area contributed by atoms with Crippen LogP contribution in [0.5, 0.6) is 11.5 Å². The molecule has 1 atom stereocenters. The fourth-order valence-electron chi connectivity index (χ4n) is 1.95. The van der Waals surface area contributed by atoms with Gasteiger partial charge in [-0.2, -0.15) is 0 Å². The van der Waals surface area contributed by atoms with E-state index >= 15 is 0 Å². The Morgan fingerprint density at radius 1 is 1.15 bits per heavy atom. The van der Waals surface area contributed by atoms with Crippen molar-refractivity contribution >= 4 is 40.8 Å². The fourth-order valence-corrected chi connectivity index (χ4v) is 2.68. The number of benzene rings is 1. The molecule has 1 aromatic carbocycles. The van der Waals surface area contributed by atoms with Crippen LogP contribution in [0.4, 0.5) is 5.95 Å². The molecule has 1 aliphatic heterocycles. The summed E-state index contributed by atoms with van der Waals surface area (Å²) in [6.07, 6.45) is 3.21. The minimum atomic E-state index is -0.430. The van der Waals surface area contributed by atoms with Crippen LogP contribution in [0.15, 0.2) is 18.5 Å². The molecule has 2 heterocycles. The second kappa shape index (κ2) is 5.16. The third kappa shape index (κ3) is 2.22. The van der Waals surface area contributed by atoms with Gasteiger partial charge in [-0.15, -0.1) is 0 Å². The lowest BCUT2D eigenvalue weighted by Gasteiger charge is -2.12. The van der Waals surface area contributed by atoms with E-state index in [-0.39, 0.29) is 20.8 Å². The Bertz CT molecular complexity index is 630. The predicted octanol–water partition coefficient (Wildman–Crippen LogP) is 3.52. The number of fused-ring (bicyclic) bond motifs is 1. The largest absolute Gasteiger partial charge is 0.505 e. The third-order valence-corrected chi connectivity index (χ3v) is 4.08. The molecule has 0 saturated carbocycles. The van der Waals surface area contributed by atoms with E-state index in [0.717, 1.165) is 0 Å². The molecule has 1 aromatic heterocycles. The zero-order valence-corrected chi connectivity index (χ0v) is 12.2. The van der Waals surface area contributed by atoms with Crippen molar-refractivity contribution in [3.63, 3.8) is 0 Å². The minimum absolute atomic E-state index is 0.0213. The van der Waals surface area contributed by atoms with Gasteiger partial charge in [-0.05, 0) is 6.07 Å². The molecule has 0 radical (unpaired) electrons. The highest BCUT2D eigenvalue weighted by Gasteiger charge is 2.31. The van der Waals surface area contributed by atoms with Gasteiger partial charge in [0.1, 0.15) is 15.8 Å². The maximum Gasteiger partial charge on any atom is 0.225 e. The normalized spacial score (nSPS) is 16.6. The van der Waals surface area contributed by atoms with Crippen molar-refractivity contribution in [2.45, 2.75) is 12.6 Å². The van der Waals surface area contributed by atoms with Crippen molar-refractivity contribution in [3.8, 4) is 11.5 Å². The van der Waals surface area contributed by atoms with Gasteiger partial charge in [-0.25, -0.2) is 9.97 Å². The topological polar surface area (TPSA) is 67.3 Å². The molecule has 3 rings (SSSR count). The number of hydrogen-bond acceptors (Lipinski definition) is 5. The number of aromatic nitrogens is 2. The van der Waals surface area contributed by atoms with Crippen molar-refractivity contribution < 1.29 is 9.84 Å². The highest BCUT2D eigenvalue weighted by atomic mass is 35.5. The molecular weight excluding hydrogens is 325 g/mol. The Labute approximate surface area is 129 Å². The standard InChI is InChI=1S/C12H8Cl3N3O2/c13-7-5-4-6(18-12-16-2-1-3-17-12)20-11(5)9(15)8(14)10(7)19/h1-3,6,19H,4H2,(H,16,17,18). The van der Waals surface area contributed by atoms with Crippen LogP contribution in [-0.4, -0.2) is 21.3 Å². The van der Waals surface area contributed by atoms with E-state index in [1.807, 2.05) is 0 Å². The molecule has 0 fully saturated rings. The molecule has 1 aliphatic rings.